The summed E-state index contributed by atoms with van der Waals surface area (Å²) in [5.74, 6) is 0.00864. The van der Waals surface area contributed by atoms with Crippen LogP contribution in [0, 0.1) is 11.8 Å². The zero-order valence-corrected chi connectivity index (χ0v) is 18.0. The number of hydrogen-bond donors (Lipinski definition) is 6. The summed E-state index contributed by atoms with van der Waals surface area (Å²) in [5, 5.41) is 24.8. The lowest BCUT2D eigenvalue weighted by molar-refractivity contribution is -0.0296. The molecule has 1 aliphatic carbocycles. The Morgan fingerprint density at radius 1 is 1.26 bits per heavy atom. The highest BCUT2D eigenvalue weighted by molar-refractivity contribution is 6.38. The fraction of sp³-hybridized carbons (Fsp3) is 0.900. The number of aliphatic hydroxyl groups is 1. The van der Waals surface area contributed by atoms with E-state index in [1.165, 1.54) is 0 Å². The van der Waals surface area contributed by atoms with Crippen LogP contribution in [0.5, 0.6) is 0 Å². The van der Waals surface area contributed by atoms with Crippen molar-refractivity contribution >= 4 is 15.7 Å². The average molecular weight is 435 g/mol. The third kappa shape index (κ3) is 5.51. The molecule has 0 aromatic rings. The standard InChI is InChI=1S/C20H33B2F2N5O2/c1-10-15(23)18(29-20(21,22)30)28-19(26-10)27-13-9-12-5-8-31-17(12)14(16(13)24)11-3-2-6-25-7-4-11/h4,10,12-19,25-30H,2-3,5-9H2,1H3. The van der Waals surface area contributed by atoms with E-state index >= 15 is 4.39 Å². The fourth-order valence-electron chi connectivity index (χ4n) is 5.54. The van der Waals surface area contributed by atoms with E-state index in [0.29, 0.717) is 13.0 Å². The normalized spacial score (nSPS) is 44.4. The number of fused-ring (bicyclic) bond motifs is 1. The minimum Gasteiger partial charge on any atom is -0.395 e. The van der Waals surface area contributed by atoms with Crippen LogP contribution in [0.3, 0.4) is 0 Å². The molecule has 9 atom stereocenters. The molecule has 4 aliphatic rings. The Morgan fingerprint density at radius 3 is 2.84 bits per heavy atom. The molecule has 3 heterocycles. The molecule has 31 heavy (non-hydrogen) atoms. The predicted octanol–water partition coefficient (Wildman–Crippen LogP) is -0.923. The van der Waals surface area contributed by atoms with Crippen LogP contribution in [0.1, 0.15) is 32.6 Å². The van der Waals surface area contributed by atoms with Crippen molar-refractivity contribution < 1.29 is 18.6 Å². The van der Waals surface area contributed by atoms with Crippen molar-refractivity contribution in [2.45, 2.75) is 81.1 Å². The lowest BCUT2D eigenvalue weighted by Crippen LogP contribution is -2.75. The van der Waals surface area contributed by atoms with Crippen LogP contribution >= 0.6 is 0 Å². The molecule has 0 spiro atoms. The van der Waals surface area contributed by atoms with Crippen molar-refractivity contribution in [1.82, 2.24) is 26.6 Å². The second kappa shape index (κ2) is 9.75. The van der Waals surface area contributed by atoms with Crippen molar-refractivity contribution in [2.24, 2.45) is 11.8 Å². The van der Waals surface area contributed by atoms with Crippen LogP contribution in [-0.2, 0) is 4.74 Å². The summed E-state index contributed by atoms with van der Waals surface area (Å²) in [4.78, 5) is 0. The highest BCUT2D eigenvalue weighted by Crippen LogP contribution is 2.44. The first-order chi connectivity index (χ1) is 14.7. The summed E-state index contributed by atoms with van der Waals surface area (Å²) in [6.45, 7) is 4.03. The van der Waals surface area contributed by atoms with Crippen LogP contribution < -0.4 is 26.6 Å². The fourth-order valence-corrected chi connectivity index (χ4v) is 5.54. The molecule has 1 saturated carbocycles. The average Bonchev–Trinajstić information content (AvgIpc) is 2.98. The number of hydrogen-bond acceptors (Lipinski definition) is 7. The van der Waals surface area contributed by atoms with E-state index in [1.807, 2.05) is 0 Å². The Hall–Kier alpha value is -0.550. The molecule has 4 rings (SSSR count). The van der Waals surface area contributed by atoms with Crippen LogP contribution in [-0.4, -0.2) is 89.0 Å². The second-order valence-electron chi connectivity index (χ2n) is 9.40. The Kier molecular flexibility index (Phi) is 7.42. The molecule has 9 unspecified atom stereocenters. The van der Waals surface area contributed by atoms with Crippen LogP contribution in [0.15, 0.2) is 11.6 Å². The molecule has 3 fully saturated rings. The van der Waals surface area contributed by atoms with E-state index in [0.717, 1.165) is 37.9 Å². The molecule has 4 radical (unpaired) electrons. The second-order valence-corrected chi connectivity index (χ2v) is 9.40. The number of nitrogens with one attached hydrogen (secondary N) is 5. The van der Waals surface area contributed by atoms with Gasteiger partial charge in [0.2, 0.25) is 0 Å². The summed E-state index contributed by atoms with van der Waals surface area (Å²) in [6, 6.07) is -0.983. The summed E-state index contributed by atoms with van der Waals surface area (Å²) in [6.07, 6.45) is 1.38. The number of halogens is 2. The first kappa shape index (κ1) is 23.6. The maximum absolute atomic E-state index is 15.9. The molecule has 0 amide bonds. The van der Waals surface area contributed by atoms with Crippen molar-refractivity contribution in [1.29, 1.82) is 0 Å². The SMILES string of the molecule is [B]C([B])(O)NC1NC(NC2CC3CCOC3C(C3=CCNCCC3)C2F)NC(C)C1F. The van der Waals surface area contributed by atoms with Gasteiger partial charge in [0.15, 0.2) is 0 Å². The Balaban J connectivity index is 1.47. The predicted molar refractivity (Wildman–Crippen MR) is 116 cm³/mol. The summed E-state index contributed by atoms with van der Waals surface area (Å²) >= 11 is 0. The van der Waals surface area contributed by atoms with E-state index in [9.17, 15) is 9.50 Å². The lowest BCUT2D eigenvalue weighted by atomic mass is 9.71. The molecule has 2 saturated heterocycles. The number of alkyl halides is 2. The molecule has 0 bridgehead atoms. The van der Waals surface area contributed by atoms with Crippen LogP contribution in [0.2, 0.25) is 0 Å². The summed E-state index contributed by atoms with van der Waals surface area (Å²) in [7, 11) is 10.8. The smallest absolute Gasteiger partial charge is 0.144 e. The topological polar surface area (TPSA) is 89.6 Å². The third-order valence-electron chi connectivity index (χ3n) is 7.00. The minimum atomic E-state index is -2.23. The molecule has 170 valence electrons. The van der Waals surface area contributed by atoms with Gasteiger partial charge in [0.05, 0.1) is 12.3 Å². The van der Waals surface area contributed by atoms with Gasteiger partial charge in [0.1, 0.15) is 34.3 Å². The molecule has 7 nitrogen and oxygen atoms in total. The molecular formula is C20H33B2F2N5O2. The van der Waals surface area contributed by atoms with Crippen molar-refractivity contribution in [3.8, 4) is 0 Å². The zero-order valence-electron chi connectivity index (χ0n) is 18.0. The Labute approximate surface area is 185 Å². The Morgan fingerprint density at radius 2 is 2.06 bits per heavy atom. The third-order valence-corrected chi connectivity index (χ3v) is 7.00. The van der Waals surface area contributed by atoms with Gasteiger partial charge in [-0.15, -0.1) is 0 Å². The first-order valence-electron chi connectivity index (χ1n) is 11.4. The van der Waals surface area contributed by atoms with Gasteiger partial charge in [-0.2, -0.15) is 0 Å². The van der Waals surface area contributed by atoms with Crippen LogP contribution in [0.4, 0.5) is 8.78 Å². The van der Waals surface area contributed by atoms with Gasteiger partial charge in [-0.05, 0) is 45.1 Å². The van der Waals surface area contributed by atoms with Gasteiger partial charge in [-0.1, -0.05) is 11.6 Å². The minimum absolute atomic E-state index is 0.0854. The highest BCUT2D eigenvalue weighted by atomic mass is 19.1. The molecule has 11 heteroatoms. The van der Waals surface area contributed by atoms with Crippen molar-refractivity contribution in [3.63, 3.8) is 0 Å². The maximum Gasteiger partial charge on any atom is 0.144 e. The lowest BCUT2D eigenvalue weighted by Gasteiger charge is -2.46. The Bertz CT molecular complexity index is 656. The maximum atomic E-state index is 15.9. The number of rotatable bonds is 5. The largest absolute Gasteiger partial charge is 0.395 e. The van der Waals surface area contributed by atoms with Gasteiger partial charge in [-0.25, -0.2) is 8.78 Å². The van der Waals surface area contributed by atoms with E-state index in [-0.39, 0.29) is 17.9 Å². The summed E-state index contributed by atoms with van der Waals surface area (Å²) in [5.41, 5.74) is -1.09. The molecule has 3 aliphatic heterocycles. The number of ether oxygens (including phenoxy) is 1. The van der Waals surface area contributed by atoms with Crippen molar-refractivity contribution in [3.05, 3.63) is 11.6 Å². The van der Waals surface area contributed by atoms with E-state index in [1.54, 1.807) is 6.92 Å². The molecule has 0 aromatic carbocycles. The van der Waals surface area contributed by atoms with Gasteiger partial charge < -0.3 is 15.2 Å². The van der Waals surface area contributed by atoms with Crippen LogP contribution in [0.25, 0.3) is 0 Å². The molecule has 6 N–H and O–H groups in total. The monoisotopic (exact) mass is 435 g/mol. The first-order valence-corrected chi connectivity index (χ1v) is 11.4. The van der Waals surface area contributed by atoms with Crippen molar-refractivity contribution in [2.75, 3.05) is 19.7 Å². The highest BCUT2D eigenvalue weighted by Gasteiger charge is 2.50. The van der Waals surface area contributed by atoms with Gasteiger partial charge in [-0.3, -0.25) is 21.3 Å². The van der Waals surface area contributed by atoms with E-state index in [4.69, 9.17) is 20.4 Å². The van der Waals surface area contributed by atoms with E-state index < -0.39 is 42.4 Å². The zero-order chi connectivity index (χ0) is 22.2. The quantitative estimate of drug-likeness (QED) is 0.189. The van der Waals surface area contributed by atoms with Gasteiger partial charge in [0.25, 0.3) is 0 Å². The van der Waals surface area contributed by atoms with Gasteiger partial charge >= 0.3 is 0 Å². The summed E-state index contributed by atoms with van der Waals surface area (Å²) < 4.78 is 36.5. The van der Waals surface area contributed by atoms with Gasteiger partial charge in [0, 0.05) is 36.7 Å². The van der Waals surface area contributed by atoms with E-state index in [2.05, 4.69) is 32.7 Å². The molecular weight excluding hydrogens is 402 g/mol. The molecule has 0 aromatic heterocycles.